The second kappa shape index (κ2) is 5.31. The van der Waals surface area contributed by atoms with E-state index in [1.165, 1.54) is 40.8 Å². The smallest absolute Gasteiger partial charge is 0.00516 e. The third-order valence-electron chi connectivity index (χ3n) is 2.82. The minimum Gasteiger partial charge on any atom is -0.148 e. The van der Waals surface area contributed by atoms with Gasteiger partial charge in [-0.3, -0.25) is 0 Å². The molecule has 0 fully saturated rings. The highest BCUT2D eigenvalue weighted by Crippen LogP contribution is 2.26. The first-order valence-electron chi connectivity index (χ1n) is 5.94. The maximum atomic E-state index is 2.34. The van der Waals surface area contributed by atoms with Crippen LogP contribution in [-0.2, 0) is 6.42 Å². The number of hydrogen-bond acceptors (Lipinski definition) is 1. The van der Waals surface area contributed by atoms with Crippen LogP contribution in [0.5, 0.6) is 0 Å². The first-order chi connectivity index (χ1) is 7.79. The molecule has 2 aromatic rings. The molecule has 0 aliphatic heterocycles. The van der Waals surface area contributed by atoms with Gasteiger partial charge in [0.15, 0.2) is 0 Å². The average Bonchev–Trinajstić information content (AvgIpc) is 2.76. The Balaban J connectivity index is 2.15. The monoisotopic (exact) mass is 230 g/mol. The molecule has 1 heterocycles. The maximum absolute atomic E-state index is 2.34. The van der Waals surface area contributed by atoms with E-state index in [1.807, 2.05) is 11.3 Å². The lowest BCUT2D eigenvalue weighted by atomic mass is 10.1. The number of hydrogen-bond donors (Lipinski definition) is 0. The van der Waals surface area contributed by atoms with E-state index in [1.54, 1.807) is 0 Å². The molecule has 0 nitrogen and oxygen atoms in total. The molecule has 0 saturated heterocycles. The van der Waals surface area contributed by atoms with Crippen LogP contribution in [0.3, 0.4) is 0 Å². The fourth-order valence-electron chi connectivity index (χ4n) is 1.76. The average molecular weight is 230 g/mol. The summed E-state index contributed by atoms with van der Waals surface area (Å²) in [5.74, 6) is 0. The molecule has 0 spiro atoms. The van der Waals surface area contributed by atoms with Crippen LogP contribution in [0, 0.1) is 6.92 Å². The highest BCUT2D eigenvalue weighted by Gasteiger charge is 2.01. The number of rotatable bonds is 4. The van der Waals surface area contributed by atoms with Gasteiger partial charge in [-0.05, 0) is 42.3 Å². The summed E-state index contributed by atoms with van der Waals surface area (Å²) in [6, 6.07) is 11.1. The van der Waals surface area contributed by atoms with Gasteiger partial charge < -0.3 is 0 Å². The molecule has 1 heteroatoms. The van der Waals surface area contributed by atoms with Crippen LogP contribution in [0.15, 0.2) is 35.7 Å². The van der Waals surface area contributed by atoms with Crippen LogP contribution in [0.2, 0.25) is 0 Å². The SMILES string of the molecule is CCCCc1cc(-c2ccc(C)cc2)cs1. The molecule has 0 aliphatic carbocycles. The summed E-state index contributed by atoms with van der Waals surface area (Å²) in [7, 11) is 0. The highest BCUT2D eigenvalue weighted by atomic mass is 32.1. The Hall–Kier alpha value is -1.08. The van der Waals surface area contributed by atoms with Crippen LogP contribution in [0.1, 0.15) is 30.2 Å². The largest absolute Gasteiger partial charge is 0.148 e. The lowest BCUT2D eigenvalue weighted by molar-refractivity contribution is 0.804. The van der Waals surface area contributed by atoms with Crippen molar-refractivity contribution >= 4 is 11.3 Å². The molecule has 1 aromatic heterocycles. The number of unbranched alkanes of at least 4 members (excludes halogenated alkanes) is 1. The lowest BCUT2D eigenvalue weighted by Gasteiger charge is -1.98. The van der Waals surface area contributed by atoms with Crippen LogP contribution in [0.25, 0.3) is 11.1 Å². The van der Waals surface area contributed by atoms with Gasteiger partial charge in [-0.25, -0.2) is 0 Å². The van der Waals surface area contributed by atoms with Crippen molar-refractivity contribution in [2.75, 3.05) is 0 Å². The van der Waals surface area contributed by atoms with Crippen LogP contribution < -0.4 is 0 Å². The molecule has 0 atom stereocenters. The molecular weight excluding hydrogens is 212 g/mol. The van der Waals surface area contributed by atoms with E-state index in [-0.39, 0.29) is 0 Å². The van der Waals surface area contributed by atoms with Crippen molar-refractivity contribution in [3.63, 3.8) is 0 Å². The summed E-state index contributed by atoms with van der Waals surface area (Å²) in [5, 5.41) is 2.27. The Labute approximate surface area is 102 Å². The molecule has 84 valence electrons. The quantitative estimate of drug-likeness (QED) is 0.688. The fourth-order valence-corrected chi connectivity index (χ4v) is 2.70. The van der Waals surface area contributed by atoms with Gasteiger partial charge in [0.1, 0.15) is 0 Å². The van der Waals surface area contributed by atoms with E-state index in [2.05, 4.69) is 49.6 Å². The zero-order valence-corrected chi connectivity index (χ0v) is 10.8. The normalized spacial score (nSPS) is 10.6. The van der Waals surface area contributed by atoms with E-state index < -0.39 is 0 Å². The van der Waals surface area contributed by atoms with Gasteiger partial charge in [-0.15, -0.1) is 11.3 Å². The summed E-state index contributed by atoms with van der Waals surface area (Å²) in [6.07, 6.45) is 3.80. The Bertz CT molecular complexity index is 437. The zero-order valence-electron chi connectivity index (χ0n) is 9.99. The van der Waals surface area contributed by atoms with E-state index >= 15 is 0 Å². The molecule has 0 unspecified atom stereocenters. The molecular formula is C15H18S. The highest BCUT2D eigenvalue weighted by molar-refractivity contribution is 7.10. The van der Waals surface area contributed by atoms with Crippen molar-refractivity contribution in [3.8, 4) is 11.1 Å². The maximum Gasteiger partial charge on any atom is 0.00516 e. The Morgan fingerprint density at radius 3 is 2.50 bits per heavy atom. The molecule has 0 radical (unpaired) electrons. The van der Waals surface area contributed by atoms with Crippen LogP contribution in [-0.4, -0.2) is 0 Å². The minimum atomic E-state index is 1.23. The van der Waals surface area contributed by atoms with Crippen LogP contribution in [0.4, 0.5) is 0 Å². The summed E-state index contributed by atoms with van der Waals surface area (Å²) < 4.78 is 0. The standard InChI is InChI=1S/C15H18S/c1-3-4-5-15-10-14(11-16-15)13-8-6-12(2)7-9-13/h6-11H,3-5H2,1-2H3. The third kappa shape index (κ3) is 2.73. The van der Waals surface area contributed by atoms with Crippen LogP contribution >= 0.6 is 11.3 Å². The van der Waals surface area contributed by atoms with Gasteiger partial charge in [0.2, 0.25) is 0 Å². The van der Waals surface area contributed by atoms with Crippen molar-refractivity contribution < 1.29 is 0 Å². The van der Waals surface area contributed by atoms with E-state index in [9.17, 15) is 0 Å². The van der Waals surface area contributed by atoms with E-state index in [4.69, 9.17) is 0 Å². The predicted octanol–water partition coefficient (Wildman–Crippen LogP) is 5.07. The van der Waals surface area contributed by atoms with Gasteiger partial charge >= 0.3 is 0 Å². The van der Waals surface area contributed by atoms with Crippen molar-refractivity contribution in [1.82, 2.24) is 0 Å². The topological polar surface area (TPSA) is 0 Å². The van der Waals surface area contributed by atoms with Crippen molar-refractivity contribution in [2.24, 2.45) is 0 Å². The van der Waals surface area contributed by atoms with Gasteiger partial charge in [0, 0.05) is 4.88 Å². The van der Waals surface area contributed by atoms with E-state index in [0.717, 1.165) is 0 Å². The summed E-state index contributed by atoms with van der Waals surface area (Å²) in [4.78, 5) is 1.51. The van der Waals surface area contributed by atoms with Gasteiger partial charge in [-0.1, -0.05) is 43.2 Å². The summed E-state index contributed by atoms with van der Waals surface area (Å²) in [6.45, 7) is 4.37. The van der Waals surface area contributed by atoms with Crippen molar-refractivity contribution in [2.45, 2.75) is 33.1 Å². The second-order valence-electron chi connectivity index (χ2n) is 4.27. The molecule has 1 aromatic carbocycles. The van der Waals surface area contributed by atoms with Gasteiger partial charge in [0.05, 0.1) is 0 Å². The number of thiophene rings is 1. The predicted molar refractivity (Wildman–Crippen MR) is 73.1 cm³/mol. The molecule has 0 amide bonds. The first kappa shape index (κ1) is 11.4. The van der Waals surface area contributed by atoms with Gasteiger partial charge in [0.25, 0.3) is 0 Å². The lowest BCUT2D eigenvalue weighted by Crippen LogP contribution is -1.78. The number of benzene rings is 1. The molecule has 0 bridgehead atoms. The minimum absolute atomic E-state index is 1.23. The molecule has 16 heavy (non-hydrogen) atoms. The molecule has 0 N–H and O–H groups in total. The van der Waals surface area contributed by atoms with E-state index in [0.29, 0.717) is 0 Å². The van der Waals surface area contributed by atoms with Gasteiger partial charge in [-0.2, -0.15) is 0 Å². The second-order valence-corrected chi connectivity index (χ2v) is 5.27. The Morgan fingerprint density at radius 2 is 1.81 bits per heavy atom. The number of aryl methyl sites for hydroxylation is 2. The molecule has 2 rings (SSSR count). The molecule has 0 saturated carbocycles. The Kier molecular flexibility index (Phi) is 3.79. The third-order valence-corrected chi connectivity index (χ3v) is 3.81. The zero-order chi connectivity index (χ0) is 11.4. The Morgan fingerprint density at radius 1 is 1.06 bits per heavy atom. The molecule has 0 aliphatic rings. The van der Waals surface area contributed by atoms with Crippen molar-refractivity contribution in [1.29, 1.82) is 0 Å². The summed E-state index contributed by atoms with van der Waals surface area (Å²) >= 11 is 1.89. The van der Waals surface area contributed by atoms with Crippen molar-refractivity contribution in [3.05, 3.63) is 46.2 Å². The fraction of sp³-hybridized carbons (Fsp3) is 0.333. The first-order valence-corrected chi connectivity index (χ1v) is 6.82. The summed E-state index contributed by atoms with van der Waals surface area (Å²) in [5.41, 5.74) is 4.03.